The molecule has 2 unspecified atom stereocenters. The number of thiophene rings is 2. The lowest BCUT2D eigenvalue weighted by Gasteiger charge is -2.27. The molecule has 7 aromatic rings. The summed E-state index contributed by atoms with van der Waals surface area (Å²) in [6.07, 6.45) is 14.8. The maximum absolute atomic E-state index is 5.62. The summed E-state index contributed by atoms with van der Waals surface area (Å²) in [4.78, 5) is 16.3. The molecule has 5 aromatic heterocycles. The van der Waals surface area contributed by atoms with E-state index in [0.29, 0.717) is 0 Å². The second-order valence-electron chi connectivity index (χ2n) is 17.8. The molecule has 0 saturated carbocycles. The van der Waals surface area contributed by atoms with Crippen LogP contribution in [-0.2, 0) is 18.3 Å². The molecule has 0 aliphatic heterocycles. The van der Waals surface area contributed by atoms with E-state index in [4.69, 9.17) is 18.7 Å². The van der Waals surface area contributed by atoms with E-state index < -0.39 is 0 Å². The SMILES string of the molecule is CCC(C)(CC)c1ccc(-c2nc3c(-c4ccc(CCC(C)CCCC(C)C)s4)c4scnc4c(-c4ccc(CCC(C)CCCC(C)C)s4)c3s2)c2nsnc12. The van der Waals surface area contributed by atoms with Gasteiger partial charge in [0, 0.05) is 36.2 Å². The average Bonchev–Trinajstić information content (AvgIpc) is 4.05. The van der Waals surface area contributed by atoms with Gasteiger partial charge in [-0.05, 0) is 104 Å². The van der Waals surface area contributed by atoms with Crippen LogP contribution in [0.25, 0.3) is 62.9 Å². The third-order valence-corrected chi connectivity index (χ3v) is 17.3. The van der Waals surface area contributed by atoms with Gasteiger partial charge in [-0.15, -0.1) is 45.3 Å². The molecule has 0 spiro atoms. The molecule has 0 amide bonds. The molecule has 0 N–H and O–H groups in total. The van der Waals surface area contributed by atoms with Crippen molar-refractivity contribution < 1.29 is 0 Å². The highest BCUT2D eigenvalue weighted by Gasteiger charge is 2.29. The van der Waals surface area contributed by atoms with Gasteiger partial charge >= 0.3 is 0 Å². The first kappa shape index (κ1) is 42.6. The highest BCUT2D eigenvalue weighted by molar-refractivity contribution is 7.24. The van der Waals surface area contributed by atoms with Crippen molar-refractivity contribution >= 4 is 88.5 Å². The molecule has 0 aliphatic rings. The van der Waals surface area contributed by atoms with Crippen LogP contribution in [0.2, 0.25) is 0 Å². The van der Waals surface area contributed by atoms with Crippen molar-refractivity contribution in [3.8, 4) is 31.5 Å². The van der Waals surface area contributed by atoms with Gasteiger partial charge in [-0.3, -0.25) is 0 Å². The number of nitrogens with zero attached hydrogens (tertiary/aromatic N) is 4. The van der Waals surface area contributed by atoms with E-state index >= 15 is 0 Å². The Balaban J connectivity index is 1.29. The Bertz CT molecular complexity index is 2270. The van der Waals surface area contributed by atoms with Gasteiger partial charge in [0.1, 0.15) is 16.0 Å². The van der Waals surface area contributed by atoms with Crippen LogP contribution in [0.5, 0.6) is 0 Å². The zero-order valence-corrected chi connectivity index (χ0v) is 39.7. The lowest BCUT2D eigenvalue weighted by atomic mass is 9.77. The number of hydrogen-bond donors (Lipinski definition) is 0. The van der Waals surface area contributed by atoms with E-state index in [1.54, 1.807) is 11.3 Å². The third-order valence-electron chi connectivity index (χ3n) is 12.5. The minimum atomic E-state index is 0.0575. The van der Waals surface area contributed by atoms with Gasteiger partial charge < -0.3 is 0 Å². The lowest BCUT2D eigenvalue weighted by molar-refractivity contribution is 0.437. The summed E-state index contributed by atoms with van der Waals surface area (Å²) in [5.41, 5.74) is 11.2. The summed E-state index contributed by atoms with van der Waals surface area (Å²) in [6.45, 7) is 21.2. The molecule has 0 radical (unpaired) electrons. The smallest absolute Gasteiger partial charge is 0.126 e. The summed E-state index contributed by atoms with van der Waals surface area (Å²) in [6, 6.07) is 14.0. The fourth-order valence-corrected chi connectivity index (χ4v) is 13.2. The second-order valence-corrected chi connectivity index (χ2v) is 22.6. The van der Waals surface area contributed by atoms with Crippen LogP contribution < -0.4 is 0 Å². The molecule has 0 bridgehead atoms. The van der Waals surface area contributed by atoms with Gasteiger partial charge in [0.15, 0.2) is 0 Å². The largest absolute Gasteiger partial charge is 0.244 e. The second kappa shape index (κ2) is 18.8. The van der Waals surface area contributed by atoms with Gasteiger partial charge in [-0.1, -0.05) is 107 Å². The number of rotatable bonds is 20. The zero-order chi connectivity index (χ0) is 40.3. The molecular formula is C48H62N4S5. The zero-order valence-electron chi connectivity index (χ0n) is 35.7. The molecule has 0 aliphatic carbocycles. The fraction of sp³-hybridized carbons (Fsp3) is 0.542. The molecule has 2 aromatic carbocycles. The highest BCUT2D eigenvalue weighted by atomic mass is 32.1. The van der Waals surface area contributed by atoms with Crippen molar-refractivity contribution in [2.45, 2.75) is 145 Å². The van der Waals surface area contributed by atoms with Crippen molar-refractivity contribution in [1.82, 2.24) is 18.7 Å². The van der Waals surface area contributed by atoms with E-state index in [9.17, 15) is 0 Å². The van der Waals surface area contributed by atoms with Crippen LogP contribution in [-0.4, -0.2) is 18.7 Å². The molecule has 5 heterocycles. The predicted octanol–water partition coefficient (Wildman–Crippen LogP) is 16.9. The van der Waals surface area contributed by atoms with Crippen LogP contribution in [0.1, 0.15) is 142 Å². The summed E-state index contributed by atoms with van der Waals surface area (Å²) in [5, 5.41) is 1.02. The lowest BCUT2D eigenvalue weighted by Crippen LogP contribution is -2.20. The number of hydrogen-bond acceptors (Lipinski definition) is 9. The Hall–Kier alpha value is -2.56. The number of benzene rings is 2. The molecule has 0 fully saturated rings. The average molecular weight is 855 g/mol. The molecular weight excluding hydrogens is 793 g/mol. The van der Waals surface area contributed by atoms with Gasteiger partial charge in [0.25, 0.3) is 0 Å². The first-order valence-electron chi connectivity index (χ1n) is 21.6. The fourth-order valence-electron chi connectivity index (χ4n) is 8.31. The number of aromatic nitrogens is 4. The van der Waals surface area contributed by atoms with Crippen molar-refractivity contribution in [1.29, 1.82) is 0 Å². The molecule has 9 heteroatoms. The molecule has 7 rings (SSSR count). The van der Waals surface area contributed by atoms with E-state index in [1.807, 2.05) is 39.5 Å². The minimum Gasteiger partial charge on any atom is -0.244 e. The molecule has 304 valence electrons. The first-order valence-corrected chi connectivity index (χ1v) is 25.7. The summed E-state index contributed by atoms with van der Waals surface area (Å²) < 4.78 is 12.3. The summed E-state index contributed by atoms with van der Waals surface area (Å²) in [5.74, 6) is 3.07. The van der Waals surface area contributed by atoms with E-state index in [0.717, 1.165) is 82.0 Å². The van der Waals surface area contributed by atoms with Crippen molar-refractivity contribution in [3.05, 3.63) is 57.2 Å². The van der Waals surface area contributed by atoms with Gasteiger partial charge in [-0.25, -0.2) is 9.97 Å². The Morgan fingerprint density at radius 2 is 1.18 bits per heavy atom. The maximum Gasteiger partial charge on any atom is 0.126 e. The number of thiazole rings is 2. The van der Waals surface area contributed by atoms with Crippen molar-refractivity contribution in [2.24, 2.45) is 23.7 Å². The van der Waals surface area contributed by atoms with E-state index in [-0.39, 0.29) is 5.41 Å². The van der Waals surface area contributed by atoms with Crippen LogP contribution in [0.3, 0.4) is 0 Å². The van der Waals surface area contributed by atoms with Crippen LogP contribution in [0.15, 0.2) is 41.9 Å². The minimum absolute atomic E-state index is 0.0575. The topological polar surface area (TPSA) is 51.6 Å². The standard InChI is InChI=1S/C48H62N4S5/c1-10-48(9,11-2)36-25-24-35(41-42(36)52-57-51-41)47-50-44-40(38-27-23-34(55-38)21-19-32(8)17-13-15-30(5)6)45-43(49-28-53-45)39(46(44)56-47)37-26-22-33(54-37)20-18-31(7)16-12-14-29(3)4/h22-32H,10-21H2,1-9H3. The Morgan fingerprint density at radius 3 is 1.75 bits per heavy atom. The monoisotopic (exact) mass is 854 g/mol. The quantitative estimate of drug-likeness (QED) is 0.0766. The molecule has 57 heavy (non-hydrogen) atoms. The Morgan fingerprint density at radius 1 is 0.596 bits per heavy atom. The van der Waals surface area contributed by atoms with E-state index in [2.05, 4.69) is 98.7 Å². The number of aryl methyl sites for hydroxylation is 2. The predicted molar refractivity (Wildman–Crippen MR) is 256 cm³/mol. The van der Waals surface area contributed by atoms with Gasteiger partial charge in [0.2, 0.25) is 0 Å². The number of fused-ring (bicyclic) bond motifs is 3. The Labute approximate surface area is 361 Å². The van der Waals surface area contributed by atoms with Crippen molar-refractivity contribution in [3.63, 3.8) is 0 Å². The Kier molecular flexibility index (Phi) is 14.0. The summed E-state index contributed by atoms with van der Waals surface area (Å²) >= 11 is 8.81. The molecule has 0 saturated heterocycles. The van der Waals surface area contributed by atoms with Crippen LogP contribution in [0, 0.1) is 23.7 Å². The first-order chi connectivity index (χ1) is 27.5. The van der Waals surface area contributed by atoms with Crippen LogP contribution in [0.4, 0.5) is 0 Å². The normalized spacial score (nSPS) is 13.7. The van der Waals surface area contributed by atoms with Crippen molar-refractivity contribution in [2.75, 3.05) is 0 Å². The van der Waals surface area contributed by atoms with Crippen LogP contribution >= 0.6 is 57.1 Å². The molecule has 4 nitrogen and oxygen atoms in total. The van der Waals surface area contributed by atoms with Gasteiger partial charge in [-0.2, -0.15) is 8.75 Å². The highest BCUT2D eigenvalue weighted by Crippen LogP contribution is 2.51. The van der Waals surface area contributed by atoms with Gasteiger partial charge in [0.05, 0.1) is 37.7 Å². The third kappa shape index (κ3) is 9.43. The maximum atomic E-state index is 5.62. The van der Waals surface area contributed by atoms with E-state index in [1.165, 1.54) is 109 Å². The molecule has 2 atom stereocenters. The summed E-state index contributed by atoms with van der Waals surface area (Å²) in [7, 11) is 0.